The van der Waals surface area contributed by atoms with Gasteiger partial charge < -0.3 is 4.57 Å². The van der Waals surface area contributed by atoms with Gasteiger partial charge in [0, 0.05) is 12.4 Å². The van der Waals surface area contributed by atoms with E-state index in [1.165, 1.54) is 38.6 Å². The summed E-state index contributed by atoms with van der Waals surface area (Å²) < 4.78 is 2.34. The zero-order valence-corrected chi connectivity index (χ0v) is 30.6. The number of imidazole rings is 1. The third kappa shape index (κ3) is 8.12. The van der Waals surface area contributed by atoms with Gasteiger partial charge in [0.25, 0.3) is 0 Å². The summed E-state index contributed by atoms with van der Waals surface area (Å²) >= 11 is 0. The van der Waals surface area contributed by atoms with Gasteiger partial charge in [0.05, 0.1) is 21.0 Å². The lowest BCUT2D eigenvalue weighted by atomic mass is 9.76. The lowest BCUT2D eigenvalue weighted by molar-refractivity contribution is 0.576. The van der Waals surface area contributed by atoms with Crippen molar-refractivity contribution in [3.8, 4) is 0 Å². The van der Waals surface area contributed by atoms with Crippen LogP contribution in [-0.2, 0) is 16.0 Å². The molecule has 2 nitrogen and oxygen atoms in total. The van der Waals surface area contributed by atoms with Gasteiger partial charge >= 0.3 is 0 Å². The van der Waals surface area contributed by atoms with Gasteiger partial charge in [-0.3, -0.25) is 0 Å². The maximum Gasteiger partial charge on any atom is 0.116 e. The molecule has 4 heteroatoms. The molecule has 0 aliphatic heterocycles. The van der Waals surface area contributed by atoms with Crippen LogP contribution >= 0.6 is 0 Å². The minimum absolute atomic E-state index is 0.126. The van der Waals surface area contributed by atoms with E-state index in [2.05, 4.69) is 205 Å². The summed E-state index contributed by atoms with van der Waals surface area (Å²) in [5.74, 6) is 0.484. The smallest absolute Gasteiger partial charge is 0.116 e. The minimum Gasteiger partial charge on any atom is -0.326 e. The van der Waals surface area contributed by atoms with Crippen molar-refractivity contribution >= 4 is 22.6 Å². The molecule has 0 saturated carbocycles. The van der Waals surface area contributed by atoms with E-state index < -0.39 is 9.52 Å². The van der Waals surface area contributed by atoms with Crippen LogP contribution < -0.4 is 5.19 Å². The molecule has 0 N–H and O–H groups in total. The average molecular weight is 633 g/mol. The topological polar surface area (TPSA) is 17.8 Å². The zero-order chi connectivity index (χ0) is 33.5. The van der Waals surface area contributed by atoms with Gasteiger partial charge in [-0.05, 0) is 50.0 Å². The highest BCUT2D eigenvalue weighted by Crippen LogP contribution is 2.36. The van der Waals surface area contributed by atoms with Crippen LogP contribution in [0.2, 0.25) is 0 Å². The van der Waals surface area contributed by atoms with Crippen molar-refractivity contribution in [2.24, 2.45) is 0 Å². The Bertz CT molecular complexity index is 1690. The summed E-state index contributed by atoms with van der Waals surface area (Å²) in [6, 6.07) is 50.8. The van der Waals surface area contributed by atoms with Gasteiger partial charge in [0.1, 0.15) is 7.85 Å². The van der Waals surface area contributed by atoms with Crippen LogP contribution in [0.25, 0.3) is 0 Å². The summed E-state index contributed by atoms with van der Waals surface area (Å²) in [5, 5.41) is 1.18. The number of rotatable bonds is 7. The van der Waals surface area contributed by atoms with Crippen molar-refractivity contribution in [2.75, 3.05) is 0 Å². The van der Waals surface area contributed by atoms with Gasteiger partial charge in [-0.1, -0.05) is 186 Å². The van der Waals surface area contributed by atoms with E-state index in [4.69, 9.17) is 0 Å². The normalized spacial score (nSPS) is 12.2. The molecule has 0 aliphatic carbocycles. The first kappa shape index (κ1) is 33.9. The SMILES string of the molecule is BC(c1ccccc1)c1ccccc1.CC(C)(C)c1ccc(C([SiH2]c2ccccc2)(c2ccc(C(C)(C)C)cc2)n2ccnc2)cc1. The van der Waals surface area contributed by atoms with Crippen molar-refractivity contribution < 1.29 is 0 Å². The lowest BCUT2D eigenvalue weighted by Gasteiger charge is -2.37. The molecule has 0 amide bonds. The second-order valence-corrected chi connectivity index (χ2v) is 16.9. The number of hydrogen-bond donors (Lipinski definition) is 0. The van der Waals surface area contributed by atoms with Crippen molar-refractivity contribution in [3.63, 3.8) is 0 Å². The number of benzene rings is 5. The summed E-state index contributed by atoms with van der Waals surface area (Å²) in [4.78, 5) is 4.48. The predicted octanol–water partition coefficient (Wildman–Crippen LogP) is 8.13. The van der Waals surface area contributed by atoms with Crippen LogP contribution in [-0.4, -0.2) is 26.9 Å². The highest BCUT2D eigenvalue weighted by atomic mass is 28.2. The Kier molecular flexibility index (Phi) is 10.5. The van der Waals surface area contributed by atoms with E-state index >= 15 is 0 Å². The third-order valence-corrected chi connectivity index (χ3v) is 11.9. The van der Waals surface area contributed by atoms with Crippen LogP contribution in [0.4, 0.5) is 0 Å². The van der Waals surface area contributed by atoms with Crippen LogP contribution in [0, 0.1) is 0 Å². The Labute approximate surface area is 286 Å². The predicted molar refractivity (Wildman–Crippen MR) is 207 cm³/mol. The Morgan fingerprint density at radius 2 is 0.915 bits per heavy atom. The van der Waals surface area contributed by atoms with Crippen LogP contribution in [0.15, 0.2) is 158 Å². The summed E-state index contributed by atoms with van der Waals surface area (Å²) in [6.45, 7) is 13.6. The molecule has 6 rings (SSSR count). The van der Waals surface area contributed by atoms with E-state index in [0.717, 1.165) is 0 Å². The fraction of sp³-hybridized carbons (Fsp3) is 0.233. The molecule has 47 heavy (non-hydrogen) atoms. The third-order valence-electron chi connectivity index (χ3n) is 9.30. The second kappa shape index (κ2) is 14.6. The van der Waals surface area contributed by atoms with Gasteiger partial charge in [-0.15, -0.1) is 0 Å². The molecule has 0 atom stereocenters. The van der Waals surface area contributed by atoms with Crippen molar-refractivity contribution in [3.05, 3.63) is 192 Å². The fourth-order valence-corrected chi connectivity index (χ4v) is 8.65. The van der Waals surface area contributed by atoms with Gasteiger partial charge in [0.2, 0.25) is 0 Å². The molecular weight excluding hydrogens is 583 g/mol. The molecular formula is C43H49BN2Si. The fourth-order valence-electron chi connectivity index (χ4n) is 6.30. The zero-order valence-electron chi connectivity index (χ0n) is 29.2. The second-order valence-electron chi connectivity index (χ2n) is 14.7. The van der Waals surface area contributed by atoms with Crippen molar-refractivity contribution in [2.45, 2.75) is 63.4 Å². The molecule has 0 spiro atoms. The summed E-state index contributed by atoms with van der Waals surface area (Å²) in [7, 11) is 1.40. The van der Waals surface area contributed by atoms with E-state index in [0.29, 0.717) is 5.82 Å². The highest BCUT2D eigenvalue weighted by Gasteiger charge is 2.37. The van der Waals surface area contributed by atoms with Gasteiger partial charge in [0.15, 0.2) is 0 Å². The molecule has 1 aromatic heterocycles. The largest absolute Gasteiger partial charge is 0.326 e. The van der Waals surface area contributed by atoms with Gasteiger partial charge in [-0.25, -0.2) is 4.98 Å². The Balaban J connectivity index is 0.000000257. The van der Waals surface area contributed by atoms with E-state index in [-0.39, 0.29) is 16.0 Å². The van der Waals surface area contributed by atoms with E-state index in [1.54, 1.807) is 0 Å². The lowest BCUT2D eigenvalue weighted by Crippen LogP contribution is -2.46. The molecule has 1 heterocycles. The highest BCUT2D eigenvalue weighted by molar-refractivity contribution is 6.57. The molecule has 0 unspecified atom stereocenters. The monoisotopic (exact) mass is 632 g/mol. The van der Waals surface area contributed by atoms with Crippen LogP contribution in [0.1, 0.15) is 80.7 Å². The maximum atomic E-state index is 4.48. The van der Waals surface area contributed by atoms with E-state index in [1.807, 2.05) is 12.5 Å². The Morgan fingerprint density at radius 1 is 0.532 bits per heavy atom. The van der Waals surface area contributed by atoms with Crippen molar-refractivity contribution in [1.82, 2.24) is 9.55 Å². The van der Waals surface area contributed by atoms with Crippen LogP contribution in [0.5, 0.6) is 0 Å². The number of hydrogen-bond acceptors (Lipinski definition) is 1. The quantitative estimate of drug-likeness (QED) is 0.163. The standard InChI is InChI=1S/C30H36N2Si.C13H13B/c1-28(2,3)23-12-16-25(17-13-23)30(32-21-20-31-22-32,33-27-10-8-7-9-11-27)26-18-14-24(15-19-26)29(4,5)6;14-13(11-7-3-1-4-8-11)12-9-5-2-6-10-12/h7-22H,33H2,1-6H3;1-10,13H,14H2. The molecule has 6 aromatic rings. The first-order valence-electron chi connectivity index (χ1n) is 16.8. The number of nitrogens with zero attached hydrogens (tertiary/aromatic N) is 2. The molecule has 0 radical (unpaired) electrons. The first-order valence-corrected chi connectivity index (χ1v) is 18.2. The Morgan fingerprint density at radius 3 is 1.28 bits per heavy atom. The maximum absolute atomic E-state index is 4.48. The molecule has 0 saturated heterocycles. The average Bonchev–Trinajstić information content (AvgIpc) is 3.64. The van der Waals surface area contributed by atoms with Crippen molar-refractivity contribution in [1.29, 1.82) is 0 Å². The summed E-state index contributed by atoms with van der Waals surface area (Å²) in [5.41, 5.74) is 8.37. The summed E-state index contributed by atoms with van der Waals surface area (Å²) in [6.07, 6.45) is 6.03. The molecule has 5 aromatic carbocycles. The number of aromatic nitrogens is 2. The Hall–Kier alpha value is -4.41. The molecule has 0 bridgehead atoms. The van der Waals surface area contributed by atoms with Crippen LogP contribution in [0.3, 0.4) is 0 Å². The molecule has 0 aliphatic rings. The molecule has 0 fully saturated rings. The molecule has 238 valence electrons. The van der Waals surface area contributed by atoms with E-state index in [9.17, 15) is 0 Å². The minimum atomic E-state index is -0.840. The first-order chi connectivity index (χ1) is 22.5. The van der Waals surface area contributed by atoms with Gasteiger partial charge in [-0.2, -0.15) is 0 Å².